The van der Waals surface area contributed by atoms with Crippen LogP contribution in [0.15, 0.2) is 78.0 Å². The Bertz CT molecular complexity index is 1340. The van der Waals surface area contributed by atoms with Gasteiger partial charge in [-0.25, -0.2) is 0 Å². The van der Waals surface area contributed by atoms with Gasteiger partial charge in [0.15, 0.2) is 23.4 Å². The second-order valence-corrected chi connectivity index (χ2v) is 8.62. The number of benzene rings is 3. The van der Waals surface area contributed by atoms with E-state index in [1.54, 1.807) is 30.3 Å². The lowest BCUT2D eigenvalue weighted by molar-refractivity contribution is -0.118. The van der Waals surface area contributed by atoms with Crippen LogP contribution in [0, 0.1) is 0 Å². The molecule has 33 heavy (non-hydrogen) atoms. The first-order valence-electron chi connectivity index (χ1n) is 10.1. The zero-order valence-corrected chi connectivity index (χ0v) is 18.8. The largest absolute Gasteiger partial charge is 0.482 e. The average Bonchev–Trinajstić information content (AvgIpc) is 3.27. The molecule has 0 bridgehead atoms. The topological polar surface area (TPSA) is 86.1 Å². The molecule has 164 valence electrons. The minimum atomic E-state index is -0.244. The molecule has 1 aliphatic heterocycles. The number of nitrogens with one attached hydrogen (secondary N) is 1. The summed E-state index contributed by atoms with van der Waals surface area (Å²) in [6, 6.07) is 22.1. The maximum Gasteiger partial charge on any atom is 0.262 e. The van der Waals surface area contributed by atoms with Crippen molar-refractivity contribution in [1.29, 1.82) is 0 Å². The van der Waals surface area contributed by atoms with Crippen molar-refractivity contribution in [2.75, 3.05) is 17.7 Å². The van der Waals surface area contributed by atoms with Gasteiger partial charge in [-0.2, -0.15) is 0 Å². The van der Waals surface area contributed by atoms with Crippen LogP contribution in [0.3, 0.4) is 0 Å². The number of thioether (sulfide) groups is 1. The van der Waals surface area contributed by atoms with Gasteiger partial charge in [-0.3, -0.25) is 14.2 Å². The van der Waals surface area contributed by atoms with Crippen LogP contribution in [-0.2, 0) is 4.79 Å². The van der Waals surface area contributed by atoms with E-state index in [2.05, 4.69) is 15.5 Å². The Labute approximate surface area is 198 Å². The molecule has 1 N–H and O–H groups in total. The highest BCUT2D eigenvalue weighted by Crippen LogP contribution is 2.31. The third kappa shape index (κ3) is 4.48. The zero-order chi connectivity index (χ0) is 22.8. The minimum Gasteiger partial charge on any atom is -0.482 e. The van der Waals surface area contributed by atoms with Crippen LogP contribution in [0.1, 0.15) is 10.4 Å². The summed E-state index contributed by atoms with van der Waals surface area (Å²) in [6.45, 7) is -0.0275. The molecule has 0 radical (unpaired) electrons. The molecule has 0 fully saturated rings. The van der Waals surface area contributed by atoms with Gasteiger partial charge >= 0.3 is 0 Å². The van der Waals surface area contributed by atoms with Gasteiger partial charge < -0.3 is 10.1 Å². The van der Waals surface area contributed by atoms with Crippen molar-refractivity contribution >= 4 is 40.7 Å². The number of carbonyl (C=O) groups excluding carboxylic acids is 2. The highest BCUT2D eigenvalue weighted by atomic mass is 35.5. The number of ether oxygens (including phenoxy) is 1. The molecular formula is C24H17ClN4O3S. The summed E-state index contributed by atoms with van der Waals surface area (Å²) in [6.07, 6.45) is 0. The van der Waals surface area contributed by atoms with Crippen molar-refractivity contribution < 1.29 is 14.3 Å². The fourth-order valence-electron chi connectivity index (χ4n) is 3.43. The number of nitrogens with zero attached hydrogens (tertiary/aromatic N) is 3. The van der Waals surface area contributed by atoms with E-state index in [0.717, 1.165) is 11.3 Å². The van der Waals surface area contributed by atoms with Crippen LogP contribution in [0.25, 0.3) is 17.1 Å². The molecule has 0 saturated heterocycles. The second-order valence-electron chi connectivity index (χ2n) is 7.24. The van der Waals surface area contributed by atoms with E-state index in [9.17, 15) is 9.59 Å². The first kappa shape index (κ1) is 21.2. The predicted molar refractivity (Wildman–Crippen MR) is 127 cm³/mol. The number of hydrogen-bond donors (Lipinski definition) is 1. The Morgan fingerprint density at radius 3 is 2.64 bits per heavy atom. The monoisotopic (exact) mass is 476 g/mol. The number of hydrogen-bond acceptors (Lipinski definition) is 6. The van der Waals surface area contributed by atoms with E-state index in [1.807, 2.05) is 47.0 Å². The van der Waals surface area contributed by atoms with Gasteiger partial charge in [-0.05, 0) is 42.5 Å². The first-order valence-corrected chi connectivity index (χ1v) is 11.4. The number of Topliss-reactive ketones (excluding diaryl/α,β-unsaturated/α-hetero) is 1. The number of anilines is 1. The van der Waals surface area contributed by atoms with E-state index in [-0.39, 0.29) is 24.1 Å². The van der Waals surface area contributed by atoms with Crippen LogP contribution in [0.4, 0.5) is 5.69 Å². The van der Waals surface area contributed by atoms with Gasteiger partial charge in [-0.15, -0.1) is 10.2 Å². The van der Waals surface area contributed by atoms with Gasteiger partial charge in [0.1, 0.15) is 5.75 Å². The normalized spacial score (nSPS) is 12.6. The fourth-order valence-corrected chi connectivity index (χ4v) is 4.40. The second kappa shape index (κ2) is 9.09. The van der Waals surface area contributed by atoms with Gasteiger partial charge in [0.05, 0.1) is 11.4 Å². The van der Waals surface area contributed by atoms with E-state index in [1.165, 1.54) is 11.8 Å². The van der Waals surface area contributed by atoms with Crippen molar-refractivity contribution in [2.45, 2.75) is 5.16 Å². The predicted octanol–water partition coefficient (Wildman–Crippen LogP) is 4.89. The lowest BCUT2D eigenvalue weighted by atomic mass is 10.1. The molecule has 3 aromatic carbocycles. The molecule has 1 amide bonds. The minimum absolute atomic E-state index is 0.0275. The third-order valence-corrected chi connectivity index (χ3v) is 6.20. The van der Waals surface area contributed by atoms with Crippen LogP contribution in [0.5, 0.6) is 5.75 Å². The van der Waals surface area contributed by atoms with Crippen molar-refractivity contribution in [3.8, 4) is 22.8 Å². The summed E-state index contributed by atoms with van der Waals surface area (Å²) in [5.41, 5.74) is 2.72. The molecule has 9 heteroatoms. The van der Waals surface area contributed by atoms with E-state index in [4.69, 9.17) is 16.3 Å². The average molecular weight is 477 g/mol. The van der Waals surface area contributed by atoms with E-state index in [0.29, 0.717) is 33.0 Å². The van der Waals surface area contributed by atoms with Crippen molar-refractivity contribution in [2.24, 2.45) is 0 Å². The molecule has 0 spiro atoms. The molecular weight excluding hydrogens is 460 g/mol. The molecule has 2 heterocycles. The highest BCUT2D eigenvalue weighted by molar-refractivity contribution is 7.99. The molecule has 4 aromatic rings. The van der Waals surface area contributed by atoms with E-state index < -0.39 is 0 Å². The number of fused-ring (bicyclic) bond motifs is 1. The van der Waals surface area contributed by atoms with Gasteiger partial charge in [0.25, 0.3) is 5.91 Å². The molecule has 0 aliphatic carbocycles. The Kier molecular flexibility index (Phi) is 5.85. The Morgan fingerprint density at radius 1 is 1.06 bits per heavy atom. The zero-order valence-electron chi connectivity index (χ0n) is 17.2. The Balaban J connectivity index is 1.42. The van der Waals surface area contributed by atoms with Gasteiger partial charge in [0, 0.05) is 21.8 Å². The van der Waals surface area contributed by atoms with E-state index >= 15 is 0 Å². The number of ketones is 1. The lowest BCUT2D eigenvalue weighted by Crippen LogP contribution is -2.25. The van der Waals surface area contributed by atoms with Gasteiger partial charge in [-0.1, -0.05) is 53.7 Å². The summed E-state index contributed by atoms with van der Waals surface area (Å²) in [4.78, 5) is 24.5. The van der Waals surface area contributed by atoms with Crippen LogP contribution in [0.2, 0.25) is 5.02 Å². The number of halogens is 1. The van der Waals surface area contributed by atoms with Crippen molar-refractivity contribution in [3.63, 3.8) is 0 Å². The number of carbonyl (C=O) groups is 2. The number of amides is 1. The number of aromatic nitrogens is 3. The lowest BCUT2D eigenvalue weighted by Gasteiger charge is -2.18. The molecule has 1 aromatic heterocycles. The van der Waals surface area contributed by atoms with Crippen molar-refractivity contribution in [3.05, 3.63) is 83.4 Å². The third-order valence-electron chi connectivity index (χ3n) is 5.02. The molecule has 5 rings (SSSR count). The fraction of sp³-hybridized carbons (Fsp3) is 0.0833. The smallest absolute Gasteiger partial charge is 0.262 e. The maximum absolute atomic E-state index is 12.9. The molecule has 1 aliphatic rings. The standard InChI is InChI=1S/C24H17ClN4O3S/c25-17-7-9-18(10-8-17)29-23(15-4-2-1-3-5-15)27-28-24(29)33-14-20(30)16-6-11-21-19(12-16)26-22(31)13-32-21/h1-12H,13-14H2,(H,26,31). The summed E-state index contributed by atoms with van der Waals surface area (Å²) < 4.78 is 7.27. The Morgan fingerprint density at radius 2 is 1.85 bits per heavy atom. The quantitative estimate of drug-likeness (QED) is 0.315. The summed E-state index contributed by atoms with van der Waals surface area (Å²) in [7, 11) is 0. The first-order chi connectivity index (χ1) is 16.1. The summed E-state index contributed by atoms with van der Waals surface area (Å²) in [5.74, 6) is 1.02. The molecule has 0 saturated carbocycles. The van der Waals surface area contributed by atoms with Crippen LogP contribution in [-0.4, -0.2) is 38.8 Å². The summed E-state index contributed by atoms with van der Waals surface area (Å²) in [5, 5.41) is 12.7. The molecule has 0 unspecified atom stereocenters. The van der Waals surface area contributed by atoms with Crippen LogP contribution < -0.4 is 10.1 Å². The van der Waals surface area contributed by atoms with Crippen LogP contribution >= 0.6 is 23.4 Å². The van der Waals surface area contributed by atoms with Gasteiger partial charge in [0.2, 0.25) is 0 Å². The maximum atomic E-state index is 12.9. The summed E-state index contributed by atoms with van der Waals surface area (Å²) >= 11 is 7.36. The highest BCUT2D eigenvalue weighted by Gasteiger charge is 2.20. The number of rotatable bonds is 6. The van der Waals surface area contributed by atoms with Crippen molar-refractivity contribution in [1.82, 2.24) is 14.8 Å². The molecule has 0 atom stereocenters. The Hall–Kier alpha value is -3.62. The SMILES string of the molecule is O=C1COc2ccc(C(=O)CSc3nnc(-c4ccccc4)n3-c3ccc(Cl)cc3)cc2N1. The molecule has 7 nitrogen and oxygen atoms in total.